The van der Waals surface area contributed by atoms with Crippen LogP contribution in [0, 0.1) is 12.8 Å². The Morgan fingerprint density at radius 2 is 2.38 bits per heavy atom. The van der Waals surface area contributed by atoms with Crippen LogP contribution in [0.4, 0.5) is 5.82 Å². The highest BCUT2D eigenvalue weighted by molar-refractivity contribution is 7.80. The van der Waals surface area contributed by atoms with E-state index in [1.807, 2.05) is 19.1 Å². The maximum absolute atomic E-state index is 5.23. The molecule has 1 saturated carbocycles. The molecule has 2 nitrogen and oxygen atoms in total. The SMILES string of the molecule is Cc1cccnc1NC(=S)C1CC1. The van der Waals surface area contributed by atoms with Gasteiger partial charge < -0.3 is 5.32 Å². The van der Waals surface area contributed by atoms with Gasteiger partial charge in [0.2, 0.25) is 0 Å². The maximum atomic E-state index is 5.23. The zero-order chi connectivity index (χ0) is 9.26. The summed E-state index contributed by atoms with van der Waals surface area (Å²) in [5.41, 5.74) is 1.14. The molecule has 68 valence electrons. The summed E-state index contributed by atoms with van der Waals surface area (Å²) in [5.74, 6) is 1.51. The standard InChI is InChI=1S/C10H12N2S/c1-7-3-2-6-11-9(7)12-10(13)8-4-5-8/h2-3,6,8H,4-5H2,1H3,(H,11,12,13). The van der Waals surface area contributed by atoms with Crippen LogP contribution >= 0.6 is 12.2 Å². The van der Waals surface area contributed by atoms with E-state index in [0.717, 1.165) is 16.4 Å². The molecule has 0 atom stereocenters. The fourth-order valence-corrected chi connectivity index (χ4v) is 1.51. The Hall–Kier alpha value is -0.960. The van der Waals surface area contributed by atoms with Crippen LogP contribution in [0.25, 0.3) is 0 Å². The summed E-state index contributed by atoms with van der Waals surface area (Å²) in [6.07, 6.45) is 4.25. The predicted octanol–water partition coefficient (Wildman–Crippen LogP) is 2.54. The van der Waals surface area contributed by atoms with Crippen LogP contribution in [0.15, 0.2) is 18.3 Å². The van der Waals surface area contributed by atoms with Crippen molar-refractivity contribution in [1.82, 2.24) is 4.98 Å². The molecule has 1 heterocycles. The summed E-state index contributed by atoms with van der Waals surface area (Å²) in [6, 6.07) is 3.96. The highest BCUT2D eigenvalue weighted by Gasteiger charge is 2.26. The lowest BCUT2D eigenvalue weighted by Gasteiger charge is -2.07. The van der Waals surface area contributed by atoms with E-state index in [1.54, 1.807) is 6.20 Å². The summed E-state index contributed by atoms with van der Waals surface area (Å²) in [7, 11) is 0. The molecule has 0 aromatic carbocycles. The molecule has 0 aliphatic heterocycles. The molecule has 1 aromatic heterocycles. The average Bonchev–Trinajstić information content (AvgIpc) is 2.91. The van der Waals surface area contributed by atoms with Gasteiger partial charge in [-0.3, -0.25) is 0 Å². The van der Waals surface area contributed by atoms with E-state index in [1.165, 1.54) is 12.8 Å². The lowest BCUT2D eigenvalue weighted by atomic mass is 10.3. The molecule has 1 N–H and O–H groups in total. The van der Waals surface area contributed by atoms with Crippen LogP contribution in [0.3, 0.4) is 0 Å². The third-order valence-corrected chi connectivity index (χ3v) is 2.63. The summed E-state index contributed by atoms with van der Waals surface area (Å²) in [5, 5.41) is 3.19. The summed E-state index contributed by atoms with van der Waals surface area (Å²) < 4.78 is 0. The average molecular weight is 192 g/mol. The van der Waals surface area contributed by atoms with E-state index >= 15 is 0 Å². The number of pyridine rings is 1. The third kappa shape index (κ3) is 2.04. The molecule has 0 amide bonds. The molecule has 0 radical (unpaired) electrons. The van der Waals surface area contributed by atoms with Crippen molar-refractivity contribution in [2.75, 3.05) is 5.32 Å². The van der Waals surface area contributed by atoms with E-state index in [-0.39, 0.29) is 0 Å². The van der Waals surface area contributed by atoms with Crippen LogP contribution in [0.5, 0.6) is 0 Å². The number of anilines is 1. The van der Waals surface area contributed by atoms with Crippen LogP contribution in [0.1, 0.15) is 18.4 Å². The second-order valence-electron chi connectivity index (χ2n) is 3.43. The summed E-state index contributed by atoms with van der Waals surface area (Å²) in [4.78, 5) is 5.18. The van der Waals surface area contributed by atoms with E-state index in [4.69, 9.17) is 12.2 Å². The predicted molar refractivity (Wildman–Crippen MR) is 57.9 cm³/mol. The van der Waals surface area contributed by atoms with Gasteiger partial charge in [0.15, 0.2) is 0 Å². The van der Waals surface area contributed by atoms with Crippen molar-refractivity contribution in [3.63, 3.8) is 0 Å². The number of thiocarbonyl (C=S) groups is 1. The first kappa shape index (κ1) is 8.63. The van der Waals surface area contributed by atoms with Crippen molar-refractivity contribution in [3.05, 3.63) is 23.9 Å². The minimum atomic E-state index is 0.608. The minimum Gasteiger partial charge on any atom is -0.334 e. The number of nitrogens with zero attached hydrogens (tertiary/aromatic N) is 1. The van der Waals surface area contributed by atoms with Crippen molar-refractivity contribution in [2.45, 2.75) is 19.8 Å². The number of hydrogen-bond donors (Lipinski definition) is 1. The van der Waals surface area contributed by atoms with Crippen LogP contribution in [0.2, 0.25) is 0 Å². The Labute approximate surface area is 83.4 Å². The van der Waals surface area contributed by atoms with Gasteiger partial charge in [-0.25, -0.2) is 4.98 Å². The normalized spacial score (nSPS) is 15.5. The number of aryl methyl sites for hydroxylation is 1. The number of nitrogens with one attached hydrogen (secondary N) is 1. The lowest BCUT2D eigenvalue weighted by Crippen LogP contribution is -2.12. The largest absolute Gasteiger partial charge is 0.334 e. The van der Waals surface area contributed by atoms with Gasteiger partial charge >= 0.3 is 0 Å². The van der Waals surface area contributed by atoms with Crippen molar-refractivity contribution < 1.29 is 0 Å². The Morgan fingerprint density at radius 1 is 1.62 bits per heavy atom. The Bertz CT molecular complexity index is 331. The maximum Gasteiger partial charge on any atom is 0.133 e. The number of rotatable bonds is 2. The smallest absolute Gasteiger partial charge is 0.133 e. The molecule has 1 aliphatic rings. The van der Waals surface area contributed by atoms with Gasteiger partial charge in [0.05, 0.1) is 4.99 Å². The molecule has 3 heteroatoms. The fourth-order valence-electron chi connectivity index (χ4n) is 1.18. The van der Waals surface area contributed by atoms with E-state index < -0.39 is 0 Å². The topological polar surface area (TPSA) is 24.9 Å². The molecule has 1 aliphatic carbocycles. The van der Waals surface area contributed by atoms with Gasteiger partial charge in [0.25, 0.3) is 0 Å². The van der Waals surface area contributed by atoms with E-state index in [2.05, 4.69) is 10.3 Å². The molecule has 2 rings (SSSR count). The highest BCUT2D eigenvalue weighted by Crippen LogP contribution is 2.31. The number of aromatic nitrogens is 1. The highest BCUT2D eigenvalue weighted by atomic mass is 32.1. The van der Waals surface area contributed by atoms with Gasteiger partial charge in [-0.1, -0.05) is 18.3 Å². The monoisotopic (exact) mass is 192 g/mol. The minimum absolute atomic E-state index is 0.608. The van der Waals surface area contributed by atoms with Gasteiger partial charge in [0.1, 0.15) is 5.82 Å². The Kier molecular flexibility index (Phi) is 2.27. The lowest BCUT2D eigenvalue weighted by molar-refractivity contribution is 1.19. The fraction of sp³-hybridized carbons (Fsp3) is 0.400. The van der Waals surface area contributed by atoms with Crippen molar-refractivity contribution in [3.8, 4) is 0 Å². The second kappa shape index (κ2) is 3.42. The van der Waals surface area contributed by atoms with E-state index in [0.29, 0.717) is 5.92 Å². The third-order valence-electron chi connectivity index (χ3n) is 2.20. The molecule has 0 bridgehead atoms. The zero-order valence-corrected chi connectivity index (χ0v) is 8.40. The summed E-state index contributed by atoms with van der Waals surface area (Å²) in [6.45, 7) is 2.03. The molecule has 13 heavy (non-hydrogen) atoms. The molecule has 1 fully saturated rings. The van der Waals surface area contributed by atoms with Crippen molar-refractivity contribution >= 4 is 23.0 Å². The molecule has 0 unspecified atom stereocenters. The van der Waals surface area contributed by atoms with E-state index in [9.17, 15) is 0 Å². The quantitative estimate of drug-likeness (QED) is 0.729. The molecule has 0 spiro atoms. The molecular weight excluding hydrogens is 180 g/mol. The van der Waals surface area contributed by atoms with Crippen LogP contribution in [-0.2, 0) is 0 Å². The molecule has 1 aromatic rings. The van der Waals surface area contributed by atoms with Crippen molar-refractivity contribution in [2.24, 2.45) is 5.92 Å². The first-order chi connectivity index (χ1) is 6.27. The van der Waals surface area contributed by atoms with Gasteiger partial charge in [-0.05, 0) is 31.4 Å². The van der Waals surface area contributed by atoms with Crippen LogP contribution < -0.4 is 5.32 Å². The number of hydrogen-bond acceptors (Lipinski definition) is 2. The molecule has 0 saturated heterocycles. The van der Waals surface area contributed by atoms with Crippen molar-refractivity contribution in [1.29, 1.82) is 0 Å². The Morgan fingerprint density at radius 3 is 3.00 bits per heavy atom. The Balaban J connectivity index is 2.08. The van der Waals surface area contributed by atoms with Gasteiger partial charge in [-0.15, -0.1) is 0 Å². The zero-order valence-electron chi connectivity index (χ0n) is 7.58. The van der Waals surface area contributed by atoms with Crippen LogP contribution in [-0.4, -0.2) is 9.97 Å². The van der Waals surface area contributed by atoms with Gasteiger partial charge in [0, 0.05) is 12.1 Å². The summed E-state index contributed by atoms with van der Waals surface area (Å²) >= 11 is 5.23. The van der Waals surface area contributed by atoms with Gasteiger partial charge in [-0.2, -0.15) is 0 Å². The first-order valence-electron chi connectivity index (χ1n) is 4.50. The second-order valence-corrected chi connectivity index (χ2v) is 3.87. The molecular formula is C10H12N2S. The first-order valence-corrected chi connectivity index (χ1v) is 4.90.